The van der Waals surface area contributed by atoms with E-state index in [0.717, 1.165) is 0 Å². The maximum atomic E-state index is 2.51. The molecule has 0 radical (unpaired) electrons. The molecule has 2 aromatic rings. The molecule has 2 aliphatic carbocycles. The van der Waals surface area contributed by atoms with Gasteiger partial charge in [0.25, 0.3) is 0 Å². The first-order valence-electron chi connectivity index (χ1n) is 14.6. The summed E-state index contributed by atoms with van der Waals surface area (Å²) in [6.45, 7) is 28.3. The standard InChI is InChI=1S/C37H52/c1-34(2,3)28-20-22-30(36(7,8)9)32-24(16-18-26(28)32)14-13-15-25-17-19-27-29(35(4,5)6)21-23-31(33(25)27)37(10,11)12/h16-25H,13-15H2,1-12H3. The molecule has 0 aliphatic heterocycles. The minimum Gasteiger partial charge on any atom is -0.0764 e. The van der Waals surface area contributed by atoms with Gasteiger partial charge in [-0.25, -0.2) is 0 Å². The summed E-state index contributed by atoms with van der Waals surface area (Å²) in [7, 11) is 0. The van der Waals surface area contributed by atoms with E-state index in [9.17, 15) is 0 Å². The predicted octanol–water partition coefficient (Wildman–Crippen LogP) is 11.0. The molecule has 0 spiro atoms. The summed E-state index contributed by atoms with van der Waals surface area (Å²) in [5.74, 6) is 1.05. The van der Waals surface area contributed by atoms with Crippen LogP contribution in [0.25, 0.3) is 12.2 Å². The predicted molar refractivity (Wildman–Crippen MR) is 165 cm³/mol. The third kappa shape index (κ3) is 5.41. The van der Waals surface area contributed by atoms with Gasteiger partial charge in [-0.3, -0.25) is 0 Å². The van der Waals surface area contributed by atoms with Gasteiger partial charge in [0.15, 0.2) is 0 Å². The smallest absolute Gasteiger partial charge is 0.00302 e. The molecular weight excluding hydrogens is 444 g/mol. The van der Waals surface area contributed by atoms with Gasteiger partial charge in [-0.05, 0) is 79.0 Å². The van der Waals surface area contributed by atoms with Crippen LogP contribution in [0.1, 0.15) is 159 Å². The van der Waals surface area contributed by atoms with Gasteiger partial charge in [0.05, 0.1) is 0 Å². The molecule has 0 heterocycles. The van der Waals surface area contributed by atoms with Crippen molar-refractivity contribution in [3.05, 3.63) is 80.9 Å². The Morgan fingerprint density at radius 2 is 0.757 bits per heavy atom. The largest absolute Gasteiger partial charge is 0.0764 e. The summed E-state index contributed by atoms with van der Waals surface area (Å²) in [6.07, 6.45) is 13.6. The van der Waals surface area contributed by atoms with E-state index in [1.165, 1.54) is 52.6 Å². The molecule has 0 nitrogen and oxygen atoms in total. The number of allylic oxidation sites excluding steroid dienone is 2. The van der Waals surface area contributed by atoms with Crippen molar-refractivity contribution in [3.8, 4) is 0 Å². The van der Waals surface area contributed by atoms with Crippen LogP contribution in [0.5, 0.6) is 0 Å². The van der Waals surface area contributed by atoms with Crippen LogP contribution in [0.3, 0.4) is 0 Å². The van der Waals surface area contributed by atoms with Crippen molar-refractivity contribution < 1.29 is 0 Å². The molecule has 200 valence electrons. The SMILES string of the molecule is CC(C)(C)c1ccc(C(C)(C)C)c2c1C=CC2CCCC1C=Cc2c(C(C)(C)C)ccc(C(C)(C)C)c21. The lowest BCUT2D eigenvalue weighted by atomic mass is 9.74. The van der Waals surface area contributed by atoms with E-state index in [4.69, 9.17) is 0 Å². The molecule has 0 heteroatoms. The van der Waals surface area contributed by atoms with Crippen molar-refractivity contribution in [1.82, 2.24) is 0 Å². The van der Waals surface area contributed by atoms with E-state index in [0.29, 0.717) is 11.8 Å². The lowest BCUT2D eigenvalue weighted by Crippen LogP contribution is -2.20. The molecule has 0 N–H and O–H groups in total. The Balaban J connectivity index is 1.61. The van der Waals surface area contributed by atoms with Crippen molar-refractivity contribution in [1.29, 1.82) is 0 Å². The van der Waals surface area contributed by atoms with Crippen LogP contribution in [0, 0.1) is 0 Å². The van der Waals surface area contributed by atoms with Gasteiger partial charge < -0.3 is 0 Å². The maximum absolute atomic E-state index is 2.51. The summed E-state index contributed by atoms with van der Waals surface area (Å²) in [4.78, 5) is 0. The zero-order valence-electron chi connectivity index (χ0n) is 25.9. The second-order valence-corrected chi connectivity index (χ2v) is 15.8. The Bertz CT molecular complexity index is 1120. The van der Waals surface area contributed by atoms with Crippen molar-refractivity contribution in [2.75, 3.05) is 0 Å². The summed E-state index contributed by atoms with van der Waals surface area (Å²) in [5, 5.41) is 0. The zero-order chi connectivity index (χ0) is 27.6. The van der Waals surface area contributed by atoms with Crippen molar-refractivity contribution in [2.24, 2.45) is 0 Å². The summed E-state index contributed by atoms with van der Waals surface area (Å²) >= 11 is 0. The highest BCUT2D eigenvalue weighted by Crippen LogP contribution is 2.47. The first-order chi connectivity index (χ1) is 16.9. The van der Waals surface area contributed by atoms with Gasteiger partial charge in [0, 0.05) is 11.8 Å². The van der Waals surface area contributed by atoms with Gasteiger partial charge in [0.1, 0.15) is 0 Å². The number of benzene rings is 2. The lowest BCUT2D eigenvalue weighted by Gasteiger charge is -2.31. The second-order valence-electron chi connectivity index (χ2n) is 15.8. The minimum atomic E-state index is 0.156. The summed E-state index contributed by atoms with van der Waals surface area (Å²) in [5.41, 5.74) is 12.9. The van der Waals surface area contributed by atoms with Crippen LogP contribution in [-0.4, -0.2) is 0 Å². The van der Waals surface area contributed by atoms with Gasteiger partial charge >= 0.3 is 0 Å². The molecule has 0 fully saturated rings. The molecule has 0 amide bonds. The molecule has 2 aliphatic rings. The molecular formula is C37H52. The molecule has 37 heavy (non-hydrogen) atoms. The molecule has 0 saturated carbocycles. The fourth-order valence-corrected chi connectivity index (χ4v) is 6.70. The Morgan fingerprint density at radius 1 is 0.459 bits per heavy atom. The average Bonchev–Trinajstić information content (AvgIpc) is 3.34. The summed E-state index contributed by atoms with van der Waals surface area (Å²) < 4.78 is 0. The van der Waals surface area contributed by atoms with Gasteiger partial charge in [-0.1, -0.05) is 138 Å². The van der Waals surface area contributed by atoms with E-state index in [1.54, 1.807) is 11.1 Å². The fraction of sp³-hybridized carbons (Fsp3) is 0.568. The fourth-order valence-electron chi connectivity index (χ4n) is 6.70. The maximum Gasteiger partial charge on any atom is 0.00302 e. The highest BCUT2D eigenvalue weighted by atomic mass is 14.4. The molecule has 2 aromatic carbocycles. The molecule has 0 bridgehead atoms. The number of hydrogen-bond donors (Lipinski definition) is 0. The average molecular weight is 497 g/mol. The molecule has 4 rings (SSSR count). The van der Waals surface area contributed by atoms with Crippen LogP contribution >= 0.6 is 0 Å². The van der Waals surface area contributed by atoms with Crippen LogP contribution in [0.2, 0.25) is 0 Å². The van der Waals surface area contributed by atoms with E-state index in [2.05, 4.69) is 132 Å². The first-order valence-corrected chi connectivity index (χ1v) is 14.6. The minimum absolute atomic E-state index is 0.156. The Hall–Kier alpha value is -2.08. The normalized spacial score (nSPS) is 19.5. The first kappa shape index (κ1) is 27.9. The molecule has 0 saturated heterocycles. The van der Waals surface area contributed by atoms with Crippen molar-refractivity contribution >= 4 is 12.2 Å². The monoisotopic (exact) mass is 496 g/mol. The van der Waals surface area contributed by atoms with Crippen LogP contribution in [0.15, 0.2) is 36.4 Å². The number of rotatable bonds is 4. The highest BCUT2D eigenvalue weighted by Gasteiger charge is 2.33. The number of hydrogen-bond acceptors (Lipinski definition) is 0. The van der Waals surface area contributed by atoms with E-state index >= 15 is 0 Å². The molecule has 2 atom stereocenters. The Labute approximate surface area is 228 Å². The van der Waals surface area contributed by atoms with Gasteiger partial charge in [-0.2, -0.15) is 0 Å². The zero-order valence-corrected chi connectivity index (χ0v) is 25.9. The summed E-state index contributed by atoms with van der Waals surface area (Å²) in [6, 6.07) is 9.65. The second kappa shape index (κ2) is 9.29. The molecule has 0 aromatic heterocycles. The molecule has 2 unspecified atom stereocenters. The van der Waals surface area contributed by atoms with Crippen molar-refractivity contribution in [3.63, 3.8) is 0 Å². The van der Waals surface area contributed by atoms with Crippen LogP contribution in [0.4, 0.5) is 0 Å². The van der Waals surface area contributed by atoms with Gasteiger partial charge in [-0.15, -0.1) is 0 Å². The third-order valence-electron chi connectivity index (χ3n) is 8.57. The quantitative estimate of drug-likeness (QED) is 0.395. The van der Waals surface area contributed by atoms with E-state index < -0.39 is 0 Å². The number of fused-ring (bicyclic) bond motifs is 2. The Kier molecular flexibility index (Phi) is 7.01. The Morgan fingerprint density at radius 3 is 1.05 bits per heavy atom. The van der Waals surface area contributed by atoms with Crippen molar-refractivity contribution in [2.45, 2.75) is 136 Å². The van der Waals surface area contributed by atoms with Gasteiger partial charge in [0.2, 0.25) is 0 Å². The highest BCUT2D eigenvalue weighted by molar-refractivity contribution is 5.71. The third-order valence-corrected chi connectivity index (χ3v) is 8.57. The van der Waals surface area contributed by atoms with E-state index in [-0.39, 0.29) is 21.7 Å². The van der Waals surface area contributed by atoms with Crippen LogP contribution < -0.4 is 0 Å². The van der Waals surface area contributed by atoms with E-state index in [1.807, 2.05) is 0 Å². The lowest BCUT2D eigenvalue weighted by molar-refractivity contribution is 0.546. The topological polar surface area (TPSA) is 0 Å². The van der Waals surface area contributed by atoms with Crippen LogP contribution in [-0.2, 0) is 21.7 Å².